The summed E-state index contributed by atoms with van der Waals surface area (Å²) in [6.45, 7) is 5.83. The molecule has 4 heterocycles. The summed E-state index contributed by atoms with van der Waals surface area (Å²) in [4.78, 5) is 14.8. The molecular formula is C15H19N7S. The topological polar surface area (TPSA) is 75.5 Å². The van der Waals surface area contributed by atoms with Crippen LogP contribution in [0.5, 0.6) is 0 Å². The van der Waals surface area contributed by atoms with Crippen molar-refractivity contribution in [2.75, 3.05) is 11.4 Å². The van der Waals surface area contributed by atoms with E-state index in [9.17, 15) is 0 Å². The van der Waals surface area contributed by atoms with Crippen LogP contribution in [0.3, 0.4) is 0 Å². The Morgan fingerprint density at radius 3 is 3.00 bits per heavy atom. The SMILES string of the molecule is CCCCCN1c2nc(-c3nccs3)[nH]c2Cn2c(C)nnc21. The van der Waals surface area contributed by atoms with Crippen molar-refractivity contribution >= 4 is 23.1 Å². The largest absolute Gasteiger partial charge is 0.337 e. The predicted molar refractivity (Wildman–Crippen MR) is 90.1 cm³/mol. The van der Waals surface area contributed by atoms with Gasteiger partial charge in [-0.15, -0.1) is 21.5 Å². The summed E-state index contributed by atoms with van der Waals surface area (Å²) in [5.74, 6) is 3.62. The van der Waals surface area contributed by atoms with Gasteiger partial charge in [-0.2, -0.15) is 0 Å². The predicted octanol–water partition coefficient (Wildman–Crippen LogP) is 3.12. The molecule has 0 saturated heterocycles. The van der Waals surface area contributed by atoms with Gasteiger partial charge in [0.15, 0.2) is 16.6 Å². The average molecular weight is 329 g/mol. The van der Waals surface area contributed by atoms with E-state index in [0.717, 1.165) is 53.6 Å². The second-order valence-corrected chi connectivity index (χ2v) is 6.61. The van der Waals surface area contributed by atoms with Crippen molar-refractivity contribution in [3.8, 4) is 10.8 Å². The molecule has 3 aromatic heterocycles. The van der Waals surface area contributed by atoms with Gasteiger partial charge in [-0.1, -0.05) is 19.8 Å². The van der Waals surface area contributed by atoms with Crippen LogP contribution in [0.25, 0.3) is 10.8 Å². The average Bonchev–Trinajstić information content (AvgIpc) is 3.27. The molecule has 1 aliphatic rings. The Morgan fingerprint density at radius 2 is 2.22 bits per heavy atom. The molecular weight excluding hydrogens is 310 g/mol. The minimum absolute atomic E-state index is 0.728. The van der Waals surface area contributed by atoms with E-state index in [-0.39, 0.29) is 0 Å². The van der Waals surface area contributed by atoms with Crippen molar-refractivity contribution in [3.05, 3.63) is 23.1 Å². The molecule has 1 aliphatic heterocycles. The quantitative estimate of drug-likeness (QED) is 0.728. The zero-order valence-corrected chi connectivity index (χ0v) is 14.1. The van der Waals surface area contributed by atoms with Gasteiger partial charge >= 0.3 is 0 Å². The Morgan fingerprint density at radius 1 is 1.30 bits per heavy atom. The van der Waals surface area contributed by atoms with Crippen LogP contribution < -0.4 is 4.90 Å². The molecule has 120 valence electrons. The number of hydrogen-bond donors (Lipinski definition) is 1. The second-order valence-electron chi connectivity index (χ2n) is 5.72. The number of nitrogens with zero attached hydrogens (tertiary/aromatic N) is 6. The molecule has 4 rings (SSSR count). The van der Waals surface area contributed by atoms with E-state index in [1.54, 1.807) is 17.5 Å². The highest BCUT2D eigenvalue weighted by atomic mass is 32.1. The number of aromatic nitrogens is 6. The zero-order chi connectivity index (χ0) is 15.8. The molecule has 0 fully saturated rings. The van der Waals surface area contributed by atoms with E-state index in [4.69, 9.17) is 4.98 Å². The van der Waals surface area contributed by atoms with Crippen LogP contribution in [0, 0.1) is 6.92 Å². The van der Waals surface area contributed by atoms with Crippen molar-refractivity contribution in [3.63, 3.8) is 0 Å². The maximum Gasteiger partial charge on any atom is 0.233 e. The van der Waals surface area contributed by atoms with Gasteiger partial charge in [0.05, 0.1) is 12.2 Å². The summed E-state index contributed by atoms with van der Waals surface area (Å²) >= 11 is 1.59. The van der Waals surface area contributed by atoms with Gasteiger partial charge in [-0.05, 0) is 13.3 Å². The van der Waals surface area contributed by atoms with Crippen LogP contribution in [0.15, 0.2) is 11.6 Å². The lowest BCUT2D eigenvalue weighted by molar-refractivity contribution is 0.659. The van der Waals surface area contributed by atoms with E-state index < -0.39 is 0 Å². The molecule has 0 atom stereocenters. The van der Waals surface area contributed by atoms with Gasteiger partial charge in [0.2, 0.25) is 5.95 Å². The van der Waals surface area contributed by atoms with Crippen molar-refractivity contribution in [1.29, 1.82) is 0 Å². The number of imidazole rings is 1. The first-order chi connectivity index (χ1) is 11.3. The monoisotopic (exact) mass is 329 g/mol. The molecule has 0 amide bonds. The number of aromatic amines is 1. The fraction of sp³-hybridized carbons (Fsp3) is 0.467. The molecule has 3 aromatic rings. The summed E-state index contributed by atoms with van der Waals surface area (Å²) in [5, 5.41) is 11.5. The lowest BCUT2D eigenvalue weighted by atomic mass is 10.2. The Balaban J connectivity index is 1.73. The molecule has 0 radical (unpaired) electrons. The van der Waals surface area contributed by atoms with Gasteiger partial charge < -0.3 is 4.98 Å². The van der Waals surface area contributed by atoms with Gasteiger partial charge in [-0.3, -0.25) is 9.47 Å². The van der Waals surface area contributed by atoms with Gasteiger partial charge in [0.1, 0.15) is 5.82 Å². The molecule has 8 heteroatoms. The van der Waals surface area contributed by atoms with E-state index in [1.807, 2.05) is 12.3 Å². The van der Waals surface area contributed by atoms with Gasteiger partial charge in [0, 0.05) is 18.1 Å². The second kappa shape index (κ2) is 5.77. The Bertz CT molecular complexity index is 802. The van der Waals surface area contributed by atoms with Gasteiger partial charge in [0.25, 0.3) is 0 Å². The highest BCUT2D eigenvalue weighted by Gasteiger charge is 2.29. The molecule has 0 unspecified atom stereocenters. The summed E-state index contributed by atoms with van der Waals surface area (Å²) in [6.07, 6.45) is 5.31. The van der Waals surface area contributed by atoms with Crippen LogP contribution >= 0.6 is 11.3 Å². The van der Waals surface area contributed by atoms with Crippen LogP contribution in [-0.2, 0) is 6.54 Å². The van der Waals surface area contributed by atoms with E-state index in [1.165, 1.54) is 12.8 Å². The molecule has 0 bridgehead atoms. The van der Waals surface area contributed by atoms with Crippen LogP contribution in [0.4, 0.5) is 11.8 Å². The van der Waals surface area contributed by atoms with Crippen LogP contribution in [0.2, 0.25) is 0 Å². The number of H-pyrrole nitrogens is 1. The number of rotatable bonds is 5. The third-order valence-corrected chi connectivity index (χ3v) is 4.89. The maximum atomic E-state index is 4.80. The first kappa shape index (κ1) is 14.4. The number of fused-ring (bicyclic) bond motifs is 2. The first-order valence-electron chi connectivity index (χ1n) is 7.94. The third-order valence-electron chi connectivity index (χ3n) is 4.11. The molecule has 0 saturated carbocycles. The zero-order valence-electron chi connectivity index (χ0n) is 13.3. The molecule has 0 spiro atoms. The standard InChI is InChI=1S/C15H19N7S/c1-3-4-5-7-21-13-11(9-22-10(2)19-20-15(21)22)17-12(18-13)14-16-6-8-23-14/h6,8H,3-5,7,9H2,1-2H3,(H,17,18). The number of hydrogen-bond acceptors (Lipinski definition) is 6. The number of anilines is 2. The Kier molecular flexibility index (Phi) is 3.60. The van der Waals surface area contributed by atoms with Crippen LogP contribution in [0.1, 0.15) is 37.7 Å². The normalized spacial score (nSPS) is 13.2. The van der Waals surface area contributed by atoms with Crippen LogP contribution in [-0.4, -0.2) is 36.3 Å². The number of unbranched alkanes of at least 4 members (excludes halogenated alkanes) is 2. The third kappa shape index (κ3) is 2.42. The Hall–Kier alpha value is -2.22. The van der Waals surface area contributed by atoms with E-state index in [2.05, 4.69) is 36.6 Å². The maximum absolute atomic E-state index is 4.80. The Labute approximate surface area is 138 Å². The molecule has 0 aromatic carbocycles. The van der Waals surface area contributed by atoms with Crippen molar-refractivity contribution in [1.82, 2.24) is 29.7 Å². The summed E-state index contributed by atoms with van der Waals surface area (Å²) in [5.41, 5.74) is 1.10. The fourth-order valence-electron chi connectivity index (χ4n) is 2.91. The lowest BCUT2D eigenvalue weighted by Gasteiger charge is -2.27. The highest BCUT2D eigenvalue weighted by molar-refractivity contribution is 7.13. The number of nitrogens with one attached hydrogen (secondary N) is 1. The summed E-state index contributed by atoms with van der Waals surface area (Å²) in [7, 11) is 0. The highest BCUT2D eigenvalue weighted by Crippen LogP contribution is 2.35. The van der Waals surface area contributed by atoms with Crippen molar-refractivity contribution in [2.45, 2.75) is 39.7 Å². The number of aryl methyl sites for hydroxylation is 1. The smallest absolute Gasteiger partial charge is 0.233 e. The summed E-state index contributed by atoms with van der Waals surface area (Å²) in [6, 6.07) is 0. The lowest BCUT2D eigenvalue weighted by Crippen LogP contribution is -2.28. The summed E-state index contributed by atoms with van der Waals surface area (Å²) < 4.78 is 2.14. The van der Waals surface area contributed by atoms with E-state index >= 15 is 0 Å². The molecule has 7 nitrogen and oxygen atoms in total. The minimum atomic E-state index is 0.728. The fourth-order valence-corrected chi connectivity index (χ4v) is 3.49. The van der Waals surface area contributed by atoms with Crippen molar-refractivity contribution in [2.24, 2.45) is 0 Å². The minimum Gasteiger partial charge on any atom is -0.337 e. The molecule has 23 heavy (non-hydrogen) atoms. The van der Waals surface area contributed by atoms with E-state index in [0.29, 0.717) is 0 Å². The molecule has 1 N–H and O–H groups in total. The molecule has 0 aliphatic carbocycles. The number of thiazole rings is 1. The van der Waals surface area contributed by atoms with Crippen molar-refractivity contribution < 1.29 is 0 Å². The first-order valence-corrected chi connectivity index (χ1v) is 8.82. The van der Waals surface area contributed by atoms with Gasteiger partial charge in [-0.25, -0.2) is 9.97 Å².